The molecular formula is C28H20N2O3S. The molecule has 1 heterocycles. The van der Waals surface area contributed by atoms with Crippen LogP contribution in [-0.4, -0.2) is 23.5 Å². The lowest BCUT2D eigenvalue weighted by Crippen LogP contribution is -2.20. The van der Waals surface area contributed by atoms with Gasteiger partial charge in [-0.05, 0) is 34.0 Å². The van der Waals surface area contributed by atoms with E-state index in [0.717, 1.165) is 33.2 Å². The summed E-state index contributed by atoms with van der Waals surface area (Å²) in [6.45, 7) is -0.383. The van der Waals surface area contributed by atoms with E-state index >= 15 is 0 Å². The maximum Gasteiger partial charge on any atom is 0.338 e. The Balaban J connectivity index is 1.18. The number of carbonyl (C=O) groups excluding carboxylic acids is 2. The Hall–Kier alpha value is -4.29. The molecular weight excluding hydrogens is 444 g/mol. The Morgan fingerprint density at radius 3 is 2.24 bits per heavy atom. The van der Waals surface area contributed by atoms with E-state index in [1.165, 1.54) is 11.3 Å². The minimum absolute atomic E-state index is 0.383. The summed E-state index contributed by atoms with van der Waals surface area (Å²) in [7, 11) is 0. The molecule has 34 heavy (non-hydrogen) atoms. The van der Waals surface area contributed by atoms with Crippen LogP contribution in [0.5, 0.6) is 0 Å². The molecule has 0 aliphatic rings. The molecule has 0 atom stereocenters. The molecule has 5 aromatic rings. The van der Waals surface area contributed by atoms with Crippen molar-refractivity contribution in [3.8, 4) is 22.4 Å². The highest BCUT2D eigenvalue weighted by Crippen LogP contribution is 2.27. The molecule has 0 spiro atoms. The highest BCUT2D eigenvalue weighted by atomic mass is 32.1. The van der Waals surface area contributed by atoms with Gasteiger partial charge in [0, 0.05) is 10.9 Å². The Labute approximate surface area is 200 Å². The standard InChI is InChI=1S/C28H20N2O3S/c31-26(17-33-27(32)24-15-12-20-8-4-5-9-23(20)16-24)30-28-29-25(18-34-28)22-13-10-21(11-14-22)19-6-2-1-3-7-19/h1-16,18H,17H2,(H,29,30,31). The second-order valence-electron chi connectivity index (χ2n) is 7.67. The van der Waals surface area contributed by atoms with Gasteiger partial charge in [0.05, 0.1) is 11.3 Å². The number of benzene rings is 4. The molecule has 5 nitrogen and oxygen atoms in total. The van der Waals surface area contributed by atoms with Crippen molar-refractivity contribution in [2.45, 2.75) is 0 Å². The van der Waals surface area contributed by atoms with Crippen molar-refractivity contribution in [2.75, 3.05) is 11.9 Å². The molecule has 0 saturated carbocycles. The summed E-state index contributed by atoms with van der Waals surface area (Å²) >= 11 is 1.32. The summed E-state index contributed by atoms with van der Waals surface area (Å²) in [4.78, 5) is 29.1. The molecule has 166 valence electrons. The number of hydrogen-bond donors (Lipinski definition) is 1. The predicted molar refractivity (Wildman–Crippen MR) is 136 cm³/mol. The Morgan fingerprint density at radius 1 is 0.765 bits per heavy atom. The van der Waals surface area contributed by atoms with Crippen molar-refractivity contribution in [3.05, 3.63) is 108 Å². The maximum atomic E-state index is 12.3. The van der Waals surface area contributed by atoms with Gasteiger partial charge in [0.25, 0.3) is 5.91 Å². The molecule has 0 aliphatic heterocycles. The van der Waals surface area contributed by atoms with E-state index in [2.05, 4.69) is 34.6 Å². The summed E-state index contributed by atoms with van der Waals surface area (Å²) in [5.41, 5.74) is 4.41. The van der Waals surface area contributed by atoms with Crippen molar-refractivity contribution in [3.63, 3.8) is 0 Å². The molecule has 1 N–H and O–H groups in total. The van der Waals surface area contributed by atoms with Gasteiger partial charge in [-0.15, -0.1) is 11.3 Å². The molecule has 1 aromatic heterocycles. The van der Waals surface area contributed by atoms with E-state index in [1.54, 1.807) is 12.1 Å². The van der Waals surface area contributed by atoms with E-state index in [-0.39, 0.29) is 6.61 Å². The lowest BCUT2D eigenvalue weighted by molar-refractivity contribution is -0.119. The number of ether oxygens (including phenoxy) is 1. The van der Waals surface area contributed by atoms with E-state index in [1.807, 2.05) is 66.0 Å². The number of nitrogens with one attached hydrogen (secondary N) is 1. The molecule has 4 aromatic carbocycles. The highest BCUT2D eigenvalue weighted by Gasteiger charge is 2.13. The summed E-state index contributed by atoms with van der Waals surface area (Å²) in [5, 5.41) is 7.00. The lowest BCUT2D eigenvalue weighted by Gasteiger charge is -2.06. The first-order valence-electron chi connectivity index (χ1n) is 10.7. The molecule has 0 bridgehead atoms. The number of amides is 1. The van der Waals surface area contributed by atoms with Crippen molar-refractivity contribution in [1.29, 1.82) is 0 Å². The first-order chi connectivity index (χ1) is 16.7. The van der Waals surface area contributed by atoms with Crippen molar-refractivity contribution >= 4 is 39.1 Å². The molecule has 6 heteroatoms. The van der Waals surface area contributed by atoms with Gasteiger partial charge >= 0.3 is 5.97 Å². The highest BCUT2D eigenvalue weighted by molar-refractivity contribution is 7.14. The van der Waals surface area contributed by atoms with Gasteiger partial charge < -0.3 is 4.74 Å². The fourth-order valence-corrected chi connectivity index (χ4v) is 4.35. The first-order valence-corrected chi connectivity index (χ1v) is 11.6. The number of fused-ring (bicyclic) bond motifs is 1. The number of aromatic nitrogens is 1. The van der Waals surface area contributed by atoms with Gasteiger partial charge in [-0.25, -0.2) is 9.78 Å². The zero-order valence-corrected chi connectivity index (χ0v) is 18.9. The zero-order chi connectivity index (χ0) is 23.3. The fraction of sp³-hybridized carbons (Fsp3) is 0.0357. The normalized spacial score (nSPS) is 10.7. The van der Waals surface area contributed by atoms with Gasteiger partial charge in [0.15, 0.2) is 11.7 Å². The van der Waals surface area contributed by atoms with Crippen LogP contribution in [0.3, 0.4) is 0 Å². The zero-order valence-electron chi connectivity index (χ0n) is 18.1. The van der Waals surface area contributed by atoms with Crippen molar-refractivity contribution in [2.24, 2.45) is 0 Å². The van der Waals surface area contributed by atoms with Gasteiger partial charge in [-0.2, -0.15) is 0 Å². The third-order valence-corrected chi connectivity index (χ3v) is 6.12. The second kappa shape index (κ2) is 9.68. The van der Waals surface area contributed by atoms with E-state index < -0.39 is 11.9 Å². The second-order valence-corrected chi connectivity index (χ2v) is 8.53. The van der Waals surface area contributed by atoms with E-state index in [4.69, 9.17) is 4.74 Å². The number of carbonyl (C=O) groups is 2. The third-order valence-electron chi connectivity index (χ3n) is 5.36. The molecule has 0 radical (unpaired) electrons. The molecule has 0 saturated heterocycles. The van der Waals surface area contributed by atoms with E-state index in [0.29, 0.717) is 10.7 Å². The van der Waals surface area contributed by atoms with Crippen LogP contribution in [0.15, 0.2) is 102 Å². The Bertz CT molecular complexity index is 1460. The molecule has 5 rings (SSSR count). The van der Waals surface area contributed by atoms with Gasteiger partial charge in [0.2, 0.25) is 0 Å². The van der Waals surface area contributed by atoms with Crippen LogP contribution in [0.25, 0.3) is 33.2 Å². The topological polar surface area (TPSA) is 68.3 Å². The van der Waals surface area contributed by atoms with E-state index in [9.17, 15) is 9.59 Å². The SMILES string of the molecule is O=C(COC(=O)c1ccc2ccccc2c1)Nc1nc(-c2ccc(-c3ccccc3)cc2)cs1. The minimum atomic E-state index is -0.542. The number of hydrogen-bond acceptors (Lipinski definition) is 5. The predicted octanol–water partition coefficient (Wildman–Crippen LogP) is 6.43. The third kappa shape index (κ3) is 4.87. The monoisotopic (exact) mass is 464 g/mol. The van der Waals surface area contributed by atoms with Crippen molar-refractivity contribution in [1.82, 2.24) is 4.98 Å². The molecule has 0 fully saturated rings. The van der Waals surface area contributed by atoms with Crippen LogP contribution in [-0.2, 0) is 9.53 Å². The number of anilines is 1. The van der Waals surface area contributed by atoms with Gasteiger partial charge in [-0.1, -0.05) is 84.9 Å². The van der Waals surface area contributed by atoms with Crippen LogP contribution in [0.2, 0.25) is 0 Å². The number of esters is 1. The largest absolute Gasteiger partial charge is 0.452 e. The Kier molecular flexibility index (Phi) is 6.14. The van der Waals surface area contributed by atoms with Crippen LogP contribution < -0.4 is 5.32 Å². The number of rotatable bonds is 6. The summed E-state index contributed by atoms with van der Waals surface area (Å²) in [5.74, 6) is -0.978. The fourth-order valence-electron chi connectivity index (χ4n) is 3.61. The minimum Gasteiger partial charge on any atom is -0.452 e. The first kappa shape index (κ1) is 21.6. The van der Waals surface area contributed by atoms with Crippen LogP contribution >= 0.6 is 11.3 Å². The van der Waals surface area contributed by atoms with Crippen LogP contribution in [0.4, 0.5) is 5.13 Å². The van der Waals surface area contributed by atoms with Gasteiger partial charge in [-0.3, -0.25) is 10.1 Å². The molecule has 0 unspecified atom stereocenters. The number of nitrogens with zero attached hydrogens (tertiary/aromatic N) is 1. The summed E-state index contributed by atoms with van der Waals surface area (Å²) < 4.78 is 5.18. The number of thiazole rings is 1. The average Bonchev–Trinajstić information content (AvgIpc) is 3.36. The maximum absolute atomic E-state index is 12.3. The quantitative estimate of drug-likeness (QED) is 0.294. The Morgan fingerprint density at radius 2 is 1.44 bits per heavy atom. The van der Waals surface area contributed by atoms with Crippen LogP contribution in [0, 0.1) is 0 Å². The van der Waals surface area contributed by atoms with Crippen LogP contribution in [0.1, 0.15) is 10.4 Å². The average molecular weight is 465 g/mol. The summed E-state index contributed by atoms with van der Waals surface area (Å²) in [6, 6.07) is 31.3. The molecule has 1 amide bonds. The smallest absolute Gasteiger partial charge is 0.338 e. The summed E-state index contributed by atoms with van der Waals surface area (Å²) in [6.07, 6.45) is 0. The van der Waals surface area contributed by atoms with Gasteiger partial charge in [0.1, 0.15) is 0 Å². The van der Waals surface area contributed by atoms with Crippen molar-refractivity contribution < 1.29 is 14.3 Å². The lowest BCUT2D eigenvalue weighted by atomic mass is 10.0. The molecule has 0 aliphatic carbocycles.